The molecule has 0 aliphatic carbocycles. The summed E-state index contributed by atoms with van der Waals surface area (Å²) in [5.41, 5.74) is 0.331. The van der Waals surface area contributed by atoms with Crippen LogP contribution in [0.2, 0.25) is 0 Å². The van der Waals surface area contributed by atoms with Crippen molar-refractivity contribution in [2.75, 3.05) is 27.9 Å². The lowest BCUT2D eigenvalue weighted by Crippen LogP contribution is -2.37. The quantitative estimate of drug-likeness (QED) is 0.786. The highest BCUT2D eigenvalue weighted by Gasteiger charge is 2.19. The molecule has 0 aromatic heterocycles. The van der Waals surface area contributed by atoms with Gasteiger partial charge in [0.2, 0.25) is 0 Å². The molecular weight excluding hydrogens is 262 g/mol. The Morgan fingerprint density at radius 3 is 2.15 bits per heavy atom. The van der Waals surface area contributed by atoms with Gasteiger partial charge in [-0.05, 0) is 6.42 Å². The van der Waals surface area contributed by atoms with Crippen LogP contribution in [0.5, 0.6) is 17.2 Å². The third-order valence-corrected chi connectivity index (χ3v) is 3.00. The summed E-state index contributed by atoms with van der Waals surface area (Å²) in [6.45, 7) is 1.77. The van der Waals surface area contributed by atoms with Crippen molar-refractivity contribution in [3.05, 3.63) is 17.7 Å². The van der Waals surface area contributed by atoms with Crippen molar-refractivity contribution in [3.63, 3.8) is 0 Å². The van der Waals surface area contributed by atoms with E-state index in [4.69, 9.17) is 19.3 Å². The Morgan fingerprint density at radius 1 is 1.15 bits per heavy atom. The van der Waals surface area contributed by atoms with Crippen LogP contribution in [0, 0.1) is 0 Å². The molecule has 1 rings (SSSR count). The van der Waals surface area contributed by atoms with E-state index in [0.717, 1.165) is 0 Å². The Morgan fingerprint density at radius 2 is 1.70 bits per heavy atom. The second-order valence-electron chi connectivity index (χ2n) is 4.17. The van der Waals surface area contributed by atoms with Crippen molar-refractivity contribution >= 4 is 5.91 Å². The summed E-state index contributed by atoms with van der Waals surface area (Å²) in [6, 6.07) is 2.85. The predicted molar refractivity (Wildman–Crippen MR) is 74.7 cm³/mol. The Balaban J connectivity index is 3.12. The maximum Gasteiger partial charge on any atom is 0.255 e. The molecule has 112 valence electrons. The van der Waals surface area contributed by atoms with Crippen LogP contribution < -0.4 is 19.5 Å². The van der Waals surface area contributed by atoms with Crippen LogP contribution in [0.15, 0.2) is 12.1 Å². The van der Waals surface area contributed by atoms with Gasteiger partial charge in [0.1, 0.15) is 5.75 Å². The van der Waals surface area contributed by atoms with Gasteiger partial charge in [0.25, 0.3) is 5.91 Å². The summed E-state index contributed by atoms with van der Waals surface area (Å²) in [5.74, 6) is 0.974. The normalized spacial score (nSPS) is 11.7. The smallest absolute Gasteiger partial charge is 0.255 e. The summed E-state index contributed by atoms with van der Waals surface area (Å²) in [6.07, 6.45) is 0.637. The van der Waals surface area contributed by atoms with Crippen molar-refractivity contribution < 1.29 is 24.1 Å². The summed E-state index contributed by atoms with van der Waals surface area (Å²) in [5, 5.41) is 11.9. The number of hydrogen-bond acceptors (Lipinski definition) is 5. The minimum atomic E-state index is -0.330. The lowest BCUT2D eigenvalue weighted by molar-refractivity contribution is 0.0911. The molecule has 6 nitrogen and oxygen atoms in total. The maximum absolute atomic E-state index is 12.2. The first-order valence-corrected chi connectivity index (χ1v) is 6.32. The van der Waals surface area contributed by atoms with Crippen molar-refractivity contribution in [1.82, 2.24) is 5.32 Å². The molecule has 0 radical (unpaired) electrons. The second-order valence-corrected chi connectivity index (χ2v) is 4.17. The molecule has 0 saturated heterocycles. The van der Waals surface area contributed by atoms with E-state index in [1.807, 2.05) is 6.92 Å². The van der Waals surface area contributed by atoms with Crippen LogP contribution in [0.4, 0.5) is 0 Å². The number of ether oxygens (including phenoxy) is 3. The molecular formula is C14H21NO5. The Bertz CT molecular complexity index is 457. The van der Waals surface area contributed by atoms with Gasteiger partial charge < -0.3 is 24.6 Å². The predicted octanol–water partition coefficient (Wildman–Crippen LogP) is 1.21. The van der Waals surface area contributed by atoms with Gasteiger partial charge in [-0.2, -0.15) is 0 Å². The molecule has 0 fully saturated rings. The maximum atomic E-state index is 12.2. The molecule has 0 aliphatic rings. The highest BCUT2D eigenvalue weighted by Crippen LogP contribution is 2.34. The molecule has 0 saturated carbocycles. The molecule has 1 atom stereocenters. The average molecular weight is 283 g/mol. The largest absolute Gasteiger partial charge is 0.496 e. The van der Waals surface area contributed by atoms with Crippen molar-refractivity contribution in [1.29, 1.82) is 0 Å². The van der Waals surface area contributed by atoms with Gasteiger partial charge in [-0.25, -0.2) is 0 Å². The summed E-state index contributed by atoms with van der Waals surface area (Å²) in [4.78, 5) is 12.2. The minimum absolute atomic E-state index is 0.113. The van der Waals surface area contributed by atoms with Gasteiger partial charge in [0.15, 0.2) is 11.5 Å². The second kappa shape index (κ2) is 7.59. The van der Waals surface area contributed by atoms with Crippen LogP contribution >= 0.6 is 0 Å². The van der Waals surface area contributed by atoms with E-state index < -0.39 is 0 Å². The van der Waals surface area contributed by atoms with Crippen molar-refractivity contribution in [2.45, 2.75) is 19.4 Å². The molecule has 0 aliphatic heterocycles. The van der Waals surface area contributed by atoms with Gasteiger partial charge in [-0.3, -0.25) is 4.79 Å². The molecule has 0 heterocycles. The molecule has 1 aromatic carbocycles. The number of carbonyl (C=O) groups excluding carboxylic acids is 1. The number of benzene rings is 1. The van der Waals surface area contributed by atoms with Gasteiger partial charge in [0.05, 0.1) is 39.5 Å². The fraction of sp³-hybridized carbons (Fsp3) is 0.500. The molecule has 6 heteroatoms. The number of hydrogen-bond donors (Lipinski definition) is 2. The molecule has 0 bridgehead atoms. The van der Waals surface area contributed by atoms with E-state index in [9.17, 15) is 4.79 Å². The third kappa shape index (κ3) is 3.54. The molecule has 0 unspecified atom stereocenters. The van der Waals surface area contributed by atoms with Gasteiger partial charge in [0, 0.05) is 12.1 Å². The lowest BCUT2D eigenvalue weighted by atomic mass is 10.1. The highest BCUT2D eigenvalue weighted by molar-refractivity contribution is 5.98. The van der Waals surface area contributed by atoms with Gasteiger partial charge in [-0.15, -0.1) is 0 Å². The zero-order valence-corrected chi connectivity index (χ0v) is 12.2. The van der Waals surface area contributed by atoms with Crippen LogP contribution in [0.25, 0.3) is 0 Å². The first-order valence-electron chi connectivity index (χ1n) is 6.32. The van der Waals surface area contributed by atoms with Crippen LogP contribution in [0.3, 0.4) is 0 Å². The molecule has 1 amide bonds. The SMILES string of the molecule is CC[C@H](CO)NC(=O)c1cc(OC)c(OC)cc1OC. The monoisotopic (exact) mass is 283 g/mol. The first kappa shape index (κ1) is 16.1. The average Bonchev–Trinajstić information content (AvgIpc) is 2.50. The van der Waals surface area contributed by atoms with E-state index in [1.54, 1.807) is 12.1 Å². The number of amides is 1. The number of methoxy groups -OCH3 is 3. The molecule has 1 aromatic rings. The molecule has 20 heavy (non-hydrogen) atoms. The van der Waals surface area contributed by atoms with E-state index in [0.29, 0.717) is 29.2 Å². The van der Waals surface area contributed by atoms with Gasteiger partial charge in [-0.1, -0.05) is 6.92 Å². The molecule has 2 N–H and O–H groups in total. The van der Waals surface area contributed by atoms with E-state index >= 15 is 0 Å². The van der Waals surface area contributed by atoms with E-state index in [-0.39, 0.29) is 18.6 Å². The van der Waals surface area contributed by atoms with Crippen LogP contribution in [-0.4, -0.2) is 45.0 Å². The number of aliphatic hydroxyl groups excluding tert-OH is 1. The van der Waals surface area contributed by atoms with Crippen molar-refractivity contribution in [2.24, 2.45) is 0 Å². The Hall–Kier alpha value is -1.95. The first-order chi connectivity index (χ1) is 9.60. The number of aliphatic hydroxyl groups is 1. The topological polar surface area (TPSA) is 77.0 Å². The number of rotatable bonds is 7. The zero-order valence-electron chi connectivity index (χ0n) is 12.2. The van der Waals surface area contributed by atoms with E-state index in [2.05, 4.69) is 5.32 Å². The summed E-state index contributed by atoms with van der Waals surface area (Å²) >= 11 is 0. The summed E-state index contributed by atoms with van der Waals surface area (Å²) in [7, 11) is 4.48. The standard InChI is InChI=1S/C14H21NO5/c1-5-9(8-16)15-14(17)10-6-12(19-3)13(20-4)7-11(10)18-2/h6-7,9,16H,5,8H2,1-4H3,(H,15,17)/t9-/m1/s1. The zero-order chi connectivity index (χ0) is 15.1. The van der Waals surface area contributed by atoms with E-state index in [1.165, 1.54) is 21.3 Å². The Kier molecular flexibility index (Phi) is 6.11. The van der Waals surface area contributed by atoms with Crippen LogP contribution in [-0.2, 0) is 0 Å². The lowest BCUT2D eigenvalue weighted by Gasteiger charge is -2.17. The number of carbonyl (C=O) groups is 1. The van der Waals surface area contributed by atoms with Gasteiger partial charge >= 0.3 is 0 Å². The molecule has 0 spiro atoms. The minimum Gasteiger partial charge on any atom is -0.496 e. The van der Waals surface area contributed by atoms with Crippen LogP contribution in [0.1, 0.15) is 23.7 Å². The fourth-order valence-electron chi connectivity index (χ4n) is 1.75. The third-order valence-electron chi connectivity index (χ3n) is 3.00. The van der Waals surface area contributed by atoms with Crippen molar-refractivity contribution in [3.8, 4) is 17.2 Å². The Labute approximate surface area is 118 Å². The highest BCUT2D eigenvalue weighted by atomic mass is 16.5. The fourth-order valence-corrected chi connectivity index (χ4v) is 1.75. The summed E-state index contributed by atoms with van der Waals surface area (Å²) < 4.78 is 15.5. The number of nitrogens with one attached hydrogen (secondary N) is 1.